The number of fused-ring (bicyclic) bond motifs is 3. The van der Waals surface area contributed by atoms with Crippen molar-refractivity contribution in [1.82, 2.24) is 34.9 Å². The maximum Gasteiger partial charge on any atom is 0.178 e. The Labute approximate surface area is 159 Å². The quantitative estimate of drug-likeness (QED) is 0.476. The Morgan fingerprint density at radius 3 is 2.89 bits per heavy atom. The molecule has 7 nitrogen and oxygen atoms in total. The molecule has 0 fully saturated rings. The minimum atomic E-state index is 0.652. The molecule has 0 radical (unpaired) electrons. The summed E-state index contributed by atoms with van der Waals surface area (Å²) in [6.07, 6.45) is 3.55. The highest BCUT2D eigenvalue weighted by Gasteiger charge is 2.12. The van der Waals surface area contributed by atoms with Crippen molar-refractivity contribution in [2.45, 2.75) is 0 Å². The molecule has 6 aromatic rings. The number of aromatic amines is 1. The van der Waals surface area contributed by atoms with E-state index >= 15 is 0 Å². The van der Waals surface area contributed by atoms with E-state index in [4.69, 9.17) is 0 Å². The van der Waals surface area contributed by atoms with Crippen LogP contribution in [0.2, 0.25) is 0 Å². The maximum atomic E-state index is 4.69. The molecule has 6 heterocycles. The van der Waals surface area contributed by atoms with Crippen LogP contribution in [0.1, 0.15) is 0 Å². The lowest BCUT2D eigenvalue weighted by Gasteiger charge is -1.94. The average molecular weight is 387 g/mol. The summed E-state index contributed by atoms with van der Waals surface area (Å²) in [5, 5.41) is 0.836. The molecule has 0 aliphatic rings. The number of pyridine rings is 3. The normalized spacial score (nSPS) is 11.7. The number of thiazole rings is 2. The van der Waals surface area contributed by atoms with Crippen LogP contribution >= 0.6 is 22.7 Å². The van der Waals surface area contributed by atoms with Gasteiger partial charge in [0.15, 0.2) is 11.3 Å². The molecule has 0 atom stereocenters. The van der Waals surface area contributed by atoms with Crippen LogP contribution < -0.4 is 0 Å². The average Bonchev–Trinajstić information content (AvgIpc) is 3.42. The van der Waals surface area contributed by atoms with Crippen molar-refractivity contribution in [3.8, 4) is 22.1 Å². The molecule has 0 aliphatic carbocycles. The van der Waals surface area contributed by atoms with E-state index in [-0.39, 0.29) is 0 Å². The Morgan fingerprint density at radius 1 is 0.926 bits per heavy atom. The third-order valence-corrected chi connectivity index (χ3v) is 5.96. The summed E-state index contributed by atoms with van der Waals surface area (Å²) in [5.41, 5.74) is 6.66. The van der Waals surface area contributed by atoms with Crippen molar-refractivity contribution in [3.63, 3.8) is 0 Å². The second-order valence-corrected chi connectivity index (χ2v) is 7.76. The largest absolute Gasteiger partial charge is 0.337 e. The summed E-state index contributed by atoms with van der Waals surface area (Å²) >= 11 is 3.09. The highest BCUT2D eigenvalue weighted by molar-refractivity contribution is 7.21. The molecule has 6 rings (SSSR count). The van der Waals surface area contributed by atoms with E-state index < -0.39 is 0 Å². The lowest BCUT2D eigenvalue weighted by atomic mass is 10.3. The molecule has 27 heavy (non-hydrogen) atoms. The van der Waals surface area contributed by atoms with Gasteiger partial charge in [0, 0.05) is 18.0 Å². The molecule has 128 valence electrons. The molecule has 0 aliphatic heterocycles. The van der Waals surface area contributed by atoms with Gasteiger partial charge in [0.2, 0.25) is 0 Å². The Hall–Kier alpha value is -3.30. The number of rotatable bonds is 2. The minimum absolute atomic E-state index is 0.652. The van der Waals surface area contributed by atoms with E-state index in [9.17, 15) is 0 Å². The van der Waals surface area contributed by atoms with Gasteiger partial charge in [-0.1, -0.05) is 11.3 Å². The molecule has 0 amide bonds. The molecule has 0 aromatic carbocycles. The number of H-pyrrole nitrogens is 1. The van der Waals surface area contributed by atoms with Crippen LogP contribution in [0.15, 0.2) is 48.2 Å². The first-order chi connectivity index (χ1) is 13.3. The minimum Gasteiger partial charge on any atom is -0.337 e. The molecule has 0 saturated carbocycles. The summed E-state index contributed by atoms with van der Waals surface area (Å²) in [6, 6.07) is 9.81. The molecule has 0 spiro atoms. The lowest BCUT2D eigenvalue weighted by molar-refractivity contribution is 1.27. The Bertz CT molecular complexity index is 1410. The predicted octanol–water partition coefficient (Wildman–Crippen LogP) is 4.30. The predicted molar refractivity (Wildman–Crippen MR) is 107 cm³/mol. The van der Waals surface area contributed by atoms with E-state index in [0.717, 1.165) is 48.3 Å². The van der Waals surface area contributed by atoms with Crippen molar-refractivity contribution >= 4 is 54.5 Å². The zero-order valence-corrected chi connectivity index (χ0v) is 15.3. The monoisotopic (exact) mass is 387 g/mol. The van der Waals surface area contributed by atoms with E-state index in [2.05, 4.69) is 34.9 Å². The number of hydrogen-bond acceptors (Lipinski definition) is 8. The van der Waals surface area contributed by atoms with Gasteiger partial charge in [0.05, 0.1) is 15.7 Å². The first-order valence-corrected chi connectivity index (χ1v) is 9.81. The second kappa shape index (κ2) is 5.60. The molecule has 0 saturated heterocycles. The van der Waals surface area contributed by atoms with E-state index in [0.29, 0.717) is 5.65 Å². The fraction of sp³-hybridized carbons (Fsp3) is 0. The lowest BCUT2D eigenvalue weighted by Crippen LogP contribution is -1.84. The zero-order valence-electron chi connectivity index (χ0n) is 13.6. The van der Waals surface area contributed by atoms with Crippen LogP contribution in [0.5, 0.6) is 0 Å². The first-order valence-electron chi connectivity index (χ1n) is 8.12. The molecule has 0 unspecified atom stereocenters. The number of imidazole rings is 1. The van der Waals surface area contributed by atoms with Crippen LogP contribution in [0.4, 0.5) is 0 Å². The van der Waals surface area contributed by atoms with Gasteiger partial charge < -0.3 is 4.98 Å². The van der Waals surface area contributed by atoms with Gasteiger partial charge in [-0.3, -0.25) is 0 Å². The highest BCUT2D eigenvalue weighted by atomic mass is 32.1. The van der Waals surface area contributed by atoms with Crippen molar-refractivity contribution in [2.75, 3.05) is 0 Å². The summed E-state index contributed by atoms with van der Waals surface area (Å²) in [6.45, 7) is 0. The summed E-state index contributed by atoms with van der Waals surface area (Å²) < 4.78 is 1.03. The highest BCUT2D eigenvalue weighted by Crippen LogP contribution is 2.29. The van der Waals surface area contributed by atoms with Gasteiger partial charge in [-0.05, 0) is 30.3 Å². The van der Waals surface area contributed by atoms with Gasteiger partial charge in [-0.15, -0.1) is 11.3 Å². The molecule has 9 heteroatoms. The van der Waals surface area contributed by atoms with Crippen LogP contribution in [0.25, 0.3) is 53.9 Å². The number of nitrogens with zero attached hydrogens (tertiary/aromatic N) is 6. The molecular formula is C18H9N7S2. The van der Waals surface area contributed by atoms with E-state index in [1.165, 1.54) is 11.3 Å². The molecule has 1 N–H and O–H groups in total. The van der Waals surface area contributed by atoms with Crippen molar-refractivity contribution in [2.24, 2.45) is 0 Å². The van der Waals surface area contributed by atoms with Crippen molar-refractivity contribution < 1.29 is 0 Å². The van der Waals surface area contributed by atoms with E-state index in [1.807, 2.05) is 30.3 Å². The van der Waals surface area contributed by atoms with Crippen molar-refractivity contribution in [1.29, 1.82) is 0 Å². The SMILES string of the molecule is c1cnc2sc(-c3ccc4[nH]c(-c5cnc6ncsc6c5)nc4n3)nc2c1. The summed E-state index contributed by atoms with van der Waals surface area (Å²) in [7, 11) is 0. The van der Waals surface area contributed by atoms with Gasteiger partial charge in [0.1, 0.15) is 26.9 Å². The standard InChI is InChI=1S/C18H9N7S2/c1-2-11-17(19-5-1)27-18(24-11)12-4-3-10-15(23-12)25-14(22-10)9-6-13-16(20-7-9)21-8-26-13/h1-8H,(H,22,23,25). The van der Waals surface area contributed by atoms with Gasteiger partial charge in [0.25, 0.3) is 0 Å². The molecular weight excluding hydrogens is 378 g/mol. The maximum absolute atomic E-state index is 4.69. The smallest absolute Gasteiger partial charge is 0.178 e. The first kappa shape index (κ1) is 14.8. The number of nitrogens with one attached hydrogen (secondary N) is 1. The molecule has 0 bridgehead atoms. The summed E-state index contributed by atoms with van der Waals surface area (Å²) in [5.74, 6) is 0.739. The second-order valence-electron chi connectivity index (χ2n) is 5.90. The third-order valence-electron chi connectivity index (χ3n) is 4.19. The fourth-order valence-corrected chi connectivity index (χ4v) is 4.46. The van der Waals surface area contributed by atoms with Gasteiger partial charge in [-0.2, -0.15) is 0 Å². The Balaban J connectivity index is 1.46. The van der Waals surface area contributed by atoms with Gasteiger partial charge in [-0.25, -0.2) is 29.9 Å². The van der Waals surface area contributed by atoms with Gasteiger partial charge >= 0.3 is 0 Å². The Morgan fingerprint density at radius 2 is 1.93 bits per heavy atom. The number of hydrogen-bond donors (Lipinski definition) is 1. The summed E-state index contributed by atoms with van der Waals surface area (Å²) in [4.78, 5) is 31.1. The van der Waals surface area contributed by atoms with E-state index in [1.54, 1.807) is 29.2 Å². The fourth-order valence-electron chi connectivity index (χ4n) is 2.91. The molecule has 6 aromatic heterocycles. The van der Waals surface area contributed by atoms with Crippen LogP contribution in [-0.4, -0.2) is 34.9 Å². The van der Waals surface area contributed by atoms with Crippen LogP contribution in [0.3, 0.4) is 0 Å². The Kier molecular flexibility index (Phi) is 3.07. The zero-order chi connectivity index (χ0) is 17.8. The van der Waals surface area contributed by atoms with Crippen LogP contribution in [-0.2, 0) is 0 Å². The van der Waals surface area contributed by atoms with Crippen molar-refractivity contribution in [3.05, 3.63) is 48.2 Å². The topological polar surface area (TPSA) is 93.1 Å². The third kappa shape index (κ3) is 2.40. The number of aromatic nitrogens is 7. The van der Waals surface area contributed by atoms with Crippen LogP contribution in [0, 0.1) is 0 Å².